The summed E-state index contributed by atoms with van der Waals surface area (Å²) < 4.78 is 10.1. The van der Waals surface area contributed by atoms with Crippen molar-refractivity contribution in [3.8, 4) is 10.4 Å². The molecule has 142 valence electrons. The number of rotatable bonds is 7. The average molecular weight is 387 g/mol. The highest BCUT2D eigenvalue weighted by Crippen LogP contribution is 2.38. The number of benzene rings is 1. The van der Waals surface area contributed by atoms with Crippen molar-refractivity contribution < 1.29 is 23.9 Å². The molecule has 0 spiro atoms. The minimum atomic E-state index is -0.496. The Kier molecular flexibility index (Phi) is 5.91. The van der Waals surface area contributed by atoms with Crippen LogP contribution in [0.4, 0.5) is 5.69 Å². The molecule has 1 aromatic heterocycles. The molecule has 1 heterocycles. The molecular formula is C20H21NO5S. The number of nitrogens with one attached hydrogen (secondary N) is 1. The molecule has 3 rings (SSSR count). The van der Waals surface area contributed by atoms with Crippen molar-refractivity contribution in [2.75, 3.05) is 18.5 Å². The van der Waals surface area contributed by atoms with Crippen LogP contribution in [0.2, 0.25) is 0 Å². The van der Waals surface area contributed by atoms with Crippen LogP contribution in [-0.4, -0.2) is 31.1 Å². The second-order valence-corrected chi connectivity index (χ2v) is 7.47. The third-order valence-corrected chi connectivity index (χ3v) is 5.45. The summed E-state index contributed by atoms with van der Waals surface area (Å²) in [6, 6.07) is 11.3. The lowest BCUT2D eigenvalue weighted by Crippen LogP contribution is -2.22. The number of hydrogen-bond acceptors (Lipinski definition) is 6. The van der Waals surface area contributed by atoms with Crippen LogP contribution in [0.15, 0.2) is 36.4 Å². The molecule has 1 aliphatic rings. The van der Waals surface area contributed by atoms with E-state index in [-0.39, 0.29) is 25.1 Å². The number of carbonyl (C=O) groups is 3. The summed E-state index contributed by atoms with van der Waals surface area (Å²) in [5, 5.41) is 2.66. The van der Waals surface area contributed by atoms with Crippen molar-refractivity contribution in [1.82, 2.24) is 0 Å². The normalized spacial score (nSPS) is 17.9. The first-order valence-corrected chi connectivity index (χ1v) is 9.64. The maximum Gasteiger partial charge on any atom is 0.350 e. The highest BCUT2D eigenvalue weighted by atomic mass is 32.1. The number of anilines is 1. The summed E-state index contributed by atoms with van der Waals surface area (Å²) in [6.07, 6.45) is 0.804. The molecule has 2 unspecified atom stereocenters. The molecule has 1 fully saturated rings. The Labute approximate surface area is 161 Å². The molecule has 0 aliphatic heterocycles. The smallest absolute Gasteiger partial charge is 0.350 e. The first-order valence-electron chi connectivity index (χ1n) is 8.82. The monoisotopic (exact) mass is 387 g/mol. The van der Waals surface area contributed by atoms with Crippen LogP contribution in [0.25, 0.3) is 10.4 Å². The van der Waals surface area contributed by atoms with Gasteiger partial charge >= 0.3 is 11.9 Å². The Morgan fingerprint density at radius 1 is 1.19 bits per heavy atom. The standard InChI is InChI=1S/C20H21NO5S/c1-3-25-20(24)18-15(10-16(27-18)13-7-5-4-6-8-13)21-17(22)11-26-19(23)14-9-12(14)2/h4-8,10,12,14H,3,9,11H2,1-2H3,(H,21,22). The molecule has 2 atom stereocenters. The SMILES string of the molecule is CCOC(=O)c1sc(-c2ccccc2)cc1NC(=O)COC(=O)C1CC1C. The maximum absolute atomic E-state index is 12.2. The van der Waals surface area contributed by atoms with Crippen LogP contribution in [0.3, 0.4) is 0 Å². The van der Waals surface area contributed by atoms with Crippen LogP contribution in [0.5, 0.6) is 0 Å². The molecule has 0 bridgehead atoms. The van der Waals surface area contributed by atoms with Crippen molar-refractivity contribution in [1.29, 1.82) is 0 Å². The highest BCUT2D eigenvalue weighted by molar-refractivity contribution is 7.18. The van der Waals surface area contributed by atoms with Gasteiger partial charge in [-0.25, -0.2) is 4.79 Å². The summed E-state index contributed by atoms with van der Waals surface area (Å²) in [6.45, 7) is 3.55. The average Bonchev–Trinajstić information content (AvgIpc) is 3.25. The van der Waals surface area contributed by atoms with Crippen LogP contribution >= 0.6 is 11.3 Å². The van der Waals surface area contributed by atoms with Crippen molar-refractivity contribution in [3.05, 3.63) is 41.3 Å². The topological polar surface area (TPSA) is 81.7 Å². The van der Waals surface area contributed by atoms with E-state index in [2.05, 4.69) is 5.32 Å². The summed E-state index contributed by atoms with van der Waals surface area (Å²) >= 11 is 1.25. The lowest BCUT2D eigenvalue weighted by Gasteiger charge is -2.07. The Bertz CT molecular complexity index is 845. The highest BCUT2D eigenvalue weighted by Gasteiger charge is 2.40. The number of esters is 2. The van der Waals surface area contributed by atoms with E-state index in [9.17, 15) is 14.4 Å². The Morgan fingerprint density at radius 2 is 1.89 bits per heavy atom. The zero-order valence-corrected chi connectivity index (χ0v) is 16.0. The van der Waals surface area contributed by atoms with Crippen molar-refractivity contribution >= 4 is 34.9 Å². The van der Waals surface area contributed by atoms with Crippen LogP contribution in [-0.2, 0) is 19.1 Å². The van der Waals surface area contributed by atoms with E-state index < -0.39 is 11.9 Å². The van der Waals surface area contributed by atoms with Crippen LogP contribution in [0, 0.1) is 11.8 Å². The molecule has 27 heavy (non-hydrogen) atoms. The van der Waals surface area contributed by atoms with Gasteiger partial charge in [0, 0.05) is 4.88 Å². The van der Waals surface area contributed by atoms with Gasteiger partial charge in [-0.3, -0.25) is 9.59 Å². The maximum atomic E-state index is 12.2. The minimum absolute atomic E-state index is 0.0984. The van der Waals surface area contributed by atoms with E-state index in [0.717, 1.165) is 16.9 Å². The van der Waals surface area contributed by atoms with Gasteiger partial charge in [0.1, 0.15) is 4.88 Å². The van der Waals surface area contributed by atoms with Gasteiger partial charge < -0.3 is 14.8 Å². The second kappa shape index (κ2) is 8.35. The molecule has 1 aliphatic carbocycles. The third-order valence-electron chi connectivity index (χ3n) is 4.28. The van der Waals surface area contributed by atoms with Gasteiger partial charge in [0.05, 0.1) is 18.2 Å². The molecular weight excluding hydrogens is 366 g/mol. The number of thiophene rings is 1. The first-order chi connectivity index (χ1) is 13.0. The number of hydrogen-bond donors (Lipinski definition) is 1. The largest absolute Gasteiger partial charge is 0.462 e. The fourth-order valence-electron chi connectivity index (χ4n) is 2.66. The molecule has 1 saturated carbocycles. The Hall–Kier alpha value is -2.67. The van der Waals surface area contributed by atoms with Gasteiger partial charge in [0.2, 0.25) is 0 Å². The number of ether oxygens (including phenoxy) is 2. The van der Waals surface area contributed by atoms with Gasteiger partial charge in [-0.1, -0.05) is 37.3 Å². The van der Waals surface area contributed by atoms with Crippen molar-refractivity contribution in [2.45, 2.75) is 20.3 Å². The van der Waals surface area contributed by atoms with Gasteiger partial charge in [0.15, 0.2) is 6.61 Å². The van der Waals surface area contributed by atoms with Crippen molar-refractivity contribution in [2.24, 2.45) is 11.8 Å². The second-order valence-electron chi connectivity index (χ2n) is 6.42. The van der Waals surface area contributed by atoms with Crippen LogP contribution < -0.4 is 5.32 Å². The van der Waals surface area contributed by atoms with Crippen LogP contribution in [0.1, 0.15) is 29.9 Å². The van der Waals surface area contributed by atoms with Gasteiger partial charge in [0.25, 0.3) is 5.91 Å². The molecule has 1 aromatic carbocycles. The van der Waals surface area contributed by atoms with Gasteiger partial charge in [-0.15, -0.1) is 11.3 Å². The molecule has 2 aromatic rings. The zero-order valence-electron chi connectivity index (χ0n) is 15.2. The van der Waals surface area contributed by atoms with E-state index >= 15 is 0 Å². The summed E-state index contributed by atoms with van der Waals surface area (Å²) in [5.74, 6) is -1.11. The zero-order chi connectivity index (χ0) is 19.4. The first kappa shape index (κ1) is 19.1. The number of amides is 1. The lowest BCUT2D eigenvalue weighted by atomic mass is 10.2. The molecule has 0 saturated heterocycles. The van der Waals surface area contributed by atoms with Gasteiger partial charge in [-0.05, 0) is 30.9 Å². The van der Waals surface area contributed by atoms with Gasteiger partial charge in [-0.2, -0.15) is 0 Å². The fourth-order valence-corrected chi connectivity index (χ4v) is 3.67. The fraction of sp³-hybridized carbons (Fsp3) is 0.350. The Morgan fingerprint density at radius 3 is 2.52 bits per heavy atom. The van der Waals surface area contributed by atoms with E-state index in [1.807, 2.05) is 37.3 Å². The van der Waals surface area contributed by atoms with E-state index in [1.165, 1.54) is 11.3 Å². The molecule has 1 amide bonds. The predicted octanol–water partition coefficient (Wildman–Crippen LogP) is 3.73. The summed E-state index contributed by atoms with van der Waals surface area (Å²) in [7, 11) is 0. The predicted molar refractivity (Wildman–Crippen MR) is 103 cm³/mol. The summed E-state index contributed by atoms with van der Waals surface area (Å²) in [4.78, 5) is 37.3. The molecule has 6 nitrogen and oxygen atoms in total. The molecule has 7 heteroatoms. The quantitative estimate of drug-likeness (QED) is 0.732. The Balaban J connectivity index is 1.72. The van der Waals surface area contributed by atoms with E-state index in [1.54, 1.807) is 13.0 Å². The molecule has 1 N–H and O–H groups in total. The number of carbonyl (C=O) groups excluding carboxylic acids is 3. The lowest BCUT2D eigenvalue weighted by molar-refractivity contribution is -0.148. The third kappa shape index (κ3) is 4.74. The minimum Gasteiger partial charge on any atom is -0.462 e. The van der Waals surface area contributed by atoms with E-state index in [0.29, 0.717) is 16.5 Å². The molecule has 0 radical (unpaired) electrons. The summed E-state index contributed by atoms with van der Waals surface area (Å²) in [5.41, 5.74) is 1.29. The van der Waals surface area contributed by atoms with Crippen molar-refractivity contribution in [3.63, 3.8) is 0 Å². The van der Waals surface area contributed by atoms with E-state index in [4.69, 9.17) is 9.47 Å².